The number of fused-ring (bicyclic) bond motifs is 1. The van der Waals surface area contributed by atoms with Crippen molar-refractivity contribution in [2.45, 2.75) is 40.0 Å². The van der Waals surface area contributed by atoms with Gasteiger partial charge in [0.2, 0.25) is 0 Å². The molecule has 5 heteroatoms. The minimum atomic E-state index is -0.158. The van der Waals surface area contributed by atoms with E-state index in [1.54, 1.807) is 17.0 Å². The van der Waals surface area contributed by atoms with Gasteiger partial charge in [0.1, 0.15) is 12.4 Å². The smallest absolute Gasteiger partial charge is 0.262 e. The first-order chi connectivity index (χ1) is 12.8. The number of carbonyl (C=O) groups is 2. The molecule has 0 atom stereocenters. The summed E-state index contributed by atoms with van der Waals surface area (Å²) >= 11 is 3.38. The minimum Gasteiger partial charge on any atom is -0.491 e. The Kier molecular flexibility index (Phi) is 6.82. The first kappa shape index (κ1) is 21.2. The van der Waals surface area contributed by atoms with Crippen molar-refractivity contribution in [3.8, 4) is 5.75 Å². The predicted octanol–water partition coefficient (Wildman–Crippen LogP) is 5.62. The summed E-state index contributed by atoms with van der Waals surface area (Å²) in [7, 11) is 0. The van der Waals surface area contributed by atoms with Crippen LogP contribution in [0, 0.1) is 0 Å². The molecule has 4 nitrogen and oxygen atoms in total. The maximum Gasteiger partial charge on any atom is 0.262 e. The van der Waals surface area contributed by atoms with Crippen molar-refractivity contribution in [1.82, 2.24) is 0 Å². The molecule has 0 N–H and O–H groups in total. The predicted molar refractivity (Wildman–Crippen MR) is 113 cm³/mol. The summed E-state index contributed by atoms with van der Waals surface area (Å²) in [6, 6.07) is 11.1. The molecule has 144 valence electrons. The van der Waals surface area contributed by atoms with Crippen molar-refractivity contribution in [2.24, 2.45) is 0 Å². The highest BCUT2D eigenvalue weighted by atomic mass is 79.9. The number of hydrogen-bond acceptors (Lipinski definition) is 3. The lowest BCUT2D eigenvalue weighted by atomic mass is 9.86. The van der Waals surface area contributed by atoms with Crippen molar-refractivity contribution in [2.75, 3.05) is 18.1 Å². The Morgan fingerprint density at radius 1 is 1.15 bits per heavy atom. The molecule has 0 fully saturated rings. The van der Waals surface area contributed by atoms with E-state index in [-0.39, 0.29) is 11.3 Å². The van der Waals surface area contributed by atoms with Crippen LogP contribution in [0.4, 0.5) is 5.69 Å². The first-order valence-corrected chi connectivity index (χ1v) is 9.95. The van der Waals surface area contributed by atoms with Crippen LogP contribution in [-0.4, -0.2) is 25.3 Å². The van der Waals surface area contributed by atoms with Crippen molar-refractivity contribution >= 4 is 33.8 Å². The fourth-order valence-corrected chi connectivity index (χ4v) is 3.34. The molecule has 3 rings (SSSR count). The van der Waals surface area contributed by atoms with Crippen LogP contribution in [0.15, 0.2) is 40.9 Å². The molecule has 0 unspecified atom stereocenters. The van der Waals surface area contributed by atoms with Gasteiger partial charge in [-0.1, -0.05) is 46.8 Å². The fourth-order valence-electron chi connectivity index (χ4n) is 2.89. The van der Waals surface area contributed by atoms with Crippen molar-refractivity contribution in [1.29, 1.82) is 0 Å². The molecule has 0 bridgehead atoms. The summed E-state index contributed by atoms with van der Waals surface area (Å²) in [5.41, 5.74) is 2.66. The second kappa shape index (κ2) is 8.70. The lowest BCUT2D eigenvalue weighted by Crippen LogP contribution is -2.33. The van der Waals surface area contributed by atoms with E-state index in [1.807, 2.05) is 38.1 Å². The number of anilines is 1. The van der Waals surface area contributed by atoms with Gasteiger partial charge in [-0.05, 0) is 51.2 Å². The highest BCUT2D eigenvalue weighted by molar-refractivity contribution is 9.10. The van der Waals surface area contributed by atoms with E-state index in [0.717, 1.165) is 11.8 Å². The number of hydrogen-bond donors (Lipinski definition) is 0. The highest BCUT2D eigenvalue weighted by Gasteiger charge is 2.28. The van der Waals surface area contributed by atoms with Crippen LogP contribution in [0.1, 0.15) is 60.9 Å². The van der Waals surface area contributed by atoms with E-state index in [1.165, 1.54) is 0 Å². The third-order valence-electron chi connectivity index (χ3n) is 4.33. The normalized spacial score (nSPS) is 13.7. The van der Waals surface area contributed by atoms with Crippen LogP contribution < -0.4 is 9.64 Å². The van der Waals surface area contributed by atoms with Gasteiger partial charge in [0.15, 0.2) is 6.29 Å². The van der Waals surface area contributed by atoms with Crippen LogP contribution in [0.5, 0.6) is 5.75 Å². The molecule has 0 radical (unpaired) electrons. The Bertz CT molecular complexity index is 840. The van der Waals surface area contributed by atoms with Crippen molar-refractivity contribution in [3.05, 3.63) is 57.6 Å². The SMILES string of the molecule is CC.CC(C)(C)c1ccc2c(c1)OCCN(c1cccc(Br)c1C=O)C2=O. The number of ether oxygens (including phenoxy) is 1. The quantitative estimate of drug-likeness (QED) is 0.579. The number of aldehydes is 1. The maximum atomic E-state index is 13.1. The molecule has 1 aliphatic heterocycles. The number of nitrogens with zero attached hydrogens (tertiary/aromatic N) is 1. The Morgan fingerprint density at radius 3 is 2.48 bits per heavy atom. The summed E-state index contributed by atoms with van der Waals surface area (Å²) in [5, 5.41) is 0. The highest BCUT2D eigenvalue weighted by Crippen LogP contribution is 2.33. The molecular weight excluding hydrogens is 406 g/mol. The van der Waals surface area contributed by atoms with Gasteiger partial charge < -0.3 is 9.64 Å². The number of carbonyl (C=O) groups excluding carboxylic acids is 2. The lowest BCUT2D eigenvalue weighted by Gasteiger charge is -2.23. The third kappa shape index (κ3) is 4.41. The maximum absolute atomic E-state index is 13.1. The Balaban J connectivity index is 0.00000126. The molecule has 1 aliphatic rings. The van der Waals surface area contributed by atoms with Gasteiger partial charge in [-0.3, -0.25) is 9.59 Å². The fraction of sp³-hybridized carbons (Fsp3) is 0.364. The lowest BCUT2D eigenvalue weighted by molar-refractivity contribution is 0.0989. The van der Waals surface area contributed by atoms with Gasteiger partial charge in [-0.2, -0.15) is 0 Å². The monoisotopic (exact) mass is 431 g/mol. The Morgan fingerprint density at radius 2 is 1.85 bits per heavy atom. The number of halogens is 1. The second-order valence-corrected chi connectivity index (χ2v) is 7.91. The van der Waals surface area contributed by atoms with E-state index in [4.69, 9.17) is 4.74 Å². The summed E-state index contributed by atoms with van der Waals surface area (Å²) in [4.78, 5) is 26.2. The van der Waals surface area contributed by atoms with Gasteiger partial charge in [0, 0.05) is 4.47 Å². The zero-order chi connectivity index (χ0) is 20.2. The van der Waals surface area contributed by atoms with Gasteiger partial charge in [-0.15, -0.1) is 0 Å². The molecule has 27 heavy (non-hydrogen) atoms. The molecular formula is C22H26BrNO3. The van der Waals surface area contributed by atoms with Crippen molar-refractivity contribution < 1.29 is 14.3 Å². The Labute approximate surface area is 169 Å². The third-order valence-corrected chi connectivity index (χ3v) is 5.03. The van der Waals surface area contributed by atoms with E-state index >= 15 is 0 Å². The topological polar surface area (TPSA) is 46.6 Å². The van der Waals surface area contributed by atoms with Crippen LogP contribution in [0.25, 0.3) is 0 Å². The molecule has 1 heterocycles. The summed E-state index contributed by atoms with van der Waals surface area (Å²) in [6.45, 7) is 11.1. The zero-order valence-corrected chi connectivity index (χ0v) is 18.1. The number of benzene rings is 2. The minimum absolute atomic E-state index is 0.0254. The van der Waals surface area contributed by atoms with E-state index in [9.17, 15) is 9.59 Å². The van der Waals surface area contributed by atoms with Gasteiger partial charge in [0.25, 0.3) is 5.91 Å². The summed E-state index contributed by atoms with van der Waals surface area (Å²) < 4.78 is 6.52. The Hall–Kier alpha value is -2.14. The summed E-state index contributed by atoms with van der Waals surface area (Å²) in [5.74, 6) is 0.441. The van der Waals surface area contributed by atoms with Crippen molar-refractivity contribution in [3.63, 3.8) is 0 Å². The molecule has 1 amide bonds. The molecule has 0 aliphatic carbocycles. The van der Waals surface area contributed by atoms with E-state index < -0.39 is 0 Å². The molecule has 2 aromatic rings. The summed E-state index contributed by atoms with van der Waals surface area (Å²) in [6.07, 6.45) is 0.766. The van der Waals surface area contributed by atoms with Crippen LogP contribution in [0.3, 0.4) is 0 Å². The van der Waals surface area contributed by atoms with Gasteiger partial charge >= 0.3 is 0 Å². The first-order valence-electron chi connectivity index (χ1n) is 9.16. The van der Waals surface area contributed by atoms with Gasteiger partial charge in [-0.25, -0.2) is 0 Å². The average Bonchev–Trinajstić information content (AvgIpc) is 2.81. The van der Waals surface area contributed by atoms with Gasteiger partial charge in [0.05, 0.1) is 23.4 Å². The largest absolute Gasteiger partial charge is 0.491 e. The van der Waals surface area contributed by atoms with E-state index in [0.29, 0.717) is 40.2 Å². The molecule has 0 saturated carbocycles. The molecule has 2 aromatic carbocycles. The van der Waals surface area contributed by atoms with Crippen LogP contribution in [-0.2, 0) is 5.41 Å². The zero-order valence-electron chi connectivity index (χ0n) is 16.5. The number of rotatable bonds is 2. The molecule has 0 aromatic heterocycles. The standard InChI is InChI=1S/C20H20BrNO3.C2H6/c1-20(2,3)13-7-8-14-18(11-13)25-10-9-22(19(14)24)17-6-4-5-16(21)15(17)12-23;1-2/h4-8,11-12H,9-10H2,1-3H3;1-2H3. The number of amides is 1. The van der Waals surface area contributed by atoms with Crippen LogP contribution >= 0.6 is 15.9 Å². The second-order valence-electron chi connectivity index (χ2n) is 7.06. The molecule has 0 saturated heterocycles. The van der Waals surface area contributed by atoms with Crippen LogP contribution in [0.2, 0.25) is 0 Å². The molecule has 0 spiro atoms. The average molecular weight is 432 g/mol. The van der Waals surface area contributed by atoms with E-state index in [2.05, 4.69) is 36.7 Å².